The summed E-state index contributed by atoms with van der Waals surface area (Å²) in [6.07, 6.45) is 7.71. The van der Waals surface area contributed by atoms with Gasteiger partial charge in [-0.3, -0.25) is 4.99 Å². The van der Waals surface area contributed by atoms with Crippen LogP contribution in [0.2, 0.25) is 0 Å². The van der Waals surface area contributed by atoms with Crippen molar-refractivity contribution in [3.05, 3.63) is 0 Å². The van der Waals surface area contributed by atoms with Gasteiger partial charge in [-0.2, -0.15) is 0 Å². The van der Waals surface area contributed by atoms with E-state index in [1.54, 1.807) is 0 Å². The molecule has 102 valence electrons. The fraction of sp³-hybridized carbons (Fsp3) is 0.917. The topological polar surface area (TPSA) is 59.6 Å². The fourth-order valence-electron chi connectivity index (χ4n) is 1.88. The van der Waals surface area contributed by atoms with Gasteiger partial charge in [0.1, 0.15) is 0 Å². The van der Waals surface area contributed by atoms with Crippen molar-refractivity contribution in [3.8, 4) is 0 Å². The van der Waals surface area contributed by atoms with Gasteiger partial charge < -0.3 is 15.8 Å². The lowest BCUT2D eigenvalue weighted by Crippen LogP contribution is -2.33. The zero-order valence-corrected chi connectivity index (χ0v) is 13.1. The van der Waals surface area contributed by atoms with Gasteiger partial charge in [-0.15, -0.1) is 24.0 Å². The molecule has 0 heterocycles. The summed E-state index contributed by atoms with van der Waals surface area (Å²) in [4.78, 5) is 4.16. The van der Waals surface area contributed by atoms with Crippen LogP contribution in [0.1, 0.15) is 45.4 Å². The van der Waals surface area contributed by atoms with E-state index in [-0.39, 0.29) is 24.0 Å². The van der Waals surface area contributed by atoms with Crippen LogP contribution in [0.4, 0.5) is 0 Å². The Kier molecular flexibility index (Phi) is 11.0. The molecular formula is C12H26IN3O. The summed E-state index contributed by atoms with van der Waals surface area (Å²) in [6, 6.07) is 0. The van der Waals surface area contributed by atoms with Crippen LogP contribution in [0.5, 0.6) is 0 Å². The van der Waals surface area contributed by atoms with Crippen molar-refractivity contribution in [1.29, 1.82) is 0 Å². The molecular weight excluding hydrogens is 329 g/mol. The molecule has 17 heavy (non-hydrogen) atoms. The number of aliphatic imine (C=N–C) groups is 1. The number of halogens is 1. The minimum absolute atomic E-state index is 0. The van der Waals surface area contributed by atoms with Gasteiger partial charge in [0.25, 0.3) is 0 Å². The Morgan fingerprint density at radius 3 is 2.76 bits per heavy atom. The molecule has 0 atom stereocenters. The van der Waals surface area contributed by atoms with Crippen LogP contribution in [0, 0.1) is 0 Å². The summed E-state index contributed by atoms with van der Waals surface area (Å²) in [5, 5.41) is 3.09. The molecule has 0 saturated heterocycles. The van der Waals surface area contributed by atoms with Gasteiger partial charge in [-0.05, 0) is 25.7 Å². The Hall–Kier alpha value is -0.0400. The molecule has 0 spiro atoms. The van der Waals surface area contributed by atoms with Crippen LogP contribution in [0.3, 0.4) is 0 Å². The molecule has 0 unspecified atom stereocenters. The highest BCUT2D eigenvalue weighted by Gasteiger charge is 2.14. The predicted molar refractivity (Wildman–Crippen MR) is 83.0 cm³/mol. The second kappa shape index (κ2) is 11.1. The molecule has 0 aromatic rings. The predicted octanol–water partition coefficient (Wildman–Crippen LogP) is 2.27. The second-order valence-corrected chi connectivity index (χ2v) is 4.32. The molecule has 1 aliphatic carbocycles. The average Bonchev–Trinajstić information content (AvgIpc) is 2.79. The second-order valence-electron chi connectivity index (χ2n) is 4.32. The van der Waals surface area contributed by atoms with Crippen LogP contribution < -0.4 is 11.1 Å². The molecule has 0 radical (unpaired) electrons. The number of nitrogens with one attached hydrogen (secondary N) is 1. The first-order chi connectivity index (χ1) is 7.83. The minimum atomic E-state index is 0. The van der Waals surface area contributed by atoms with E-state index in [0.717, 1.165) is 32.5 Å². The van der Waals surface area contributed by atoms with Crippen molar-refractivity contribution < 1.29 is 4.74 Å². The molecule has 4 nitrogen and oxygen atoms in total. The summed E-state index contributed by atoms with van der Waals surface area (Å²) in [7, 11) is 0. The number of nitrogens with two attached hydrogens (primary N) is 1. The van der Waals surface area contributed by atoms with Crippen molar-refractivity contribution >= 4 is 29.9 Å². The maximum Gasteiger partial charge on any atom is 0.188 e. The molecule has 0 bridgehead atoms. The third-order valence-corrected chi connectivity index (χ3v) is 2.79. The van der Waals surface area contributed by atoms with E-state index in [1.165, 1.54) is 25.7 Å². The zero-order valence-electron chi connectivity index (χ0n) is 10.8. The largest absolute Gasteiger partial charge is 0.378 e. The Labute approximate surface area is 122 Å². The quantitative estimate of drug-likeness (QED) is 0.319. The van der Waals surface area contributed by atoms with Crippen molar-refractivity contribution in [3.63, 3.8) is 0 Å². The van der Waals surface area contributed by atoms with Gasteiger partial charge in [-0.1, -0.05) is 19.8 Å². The summed E-state index contributed by atoms with van der Waals surface area (Å²) < 4.78 is 5.75. The van der Waals surface area contributed by atoms with Gasteiger partial charge in [0.2, 0.25) is 0 Å². The van der Waals surface area contributed by atoms with Crippen molar-refractivity contribution in [1.82, 2.24) is 5.32 Å². The third kappa shape index (κ3) is 8.65. The van der Waals surface area contributed by atoms with Gasteiger partial charge >= 0.3 is 0 Å². The van der Waals surface area contributed by atoms with Crippen LogP contribution in [-0.2, 0) is 4.74 Å². The first-order valence-electron chi connectivity index (χ1n) is 6.48. The maximum atomic E-state index is 5.75. The van der Waals surface area contributed by atoms with Gasteiger partial charge in [0, 0.05) is 19.7 Å². The molecule has 1 rings (SSSR count). The van der Waals surface area contributed by atoms with Crippen LogP contribution in [-0.4, -0.2) is 31.8 Å². The van der Waals surface area contributed by atoms with E-state index < -0.39 is 0 Å². The molecule has 1 aliphatic rings. The maximum absolute atomic E-state index is 5.75. The van der Waals surface area contributed by atoms with E-state index in [0.29, 0.717) is 12.1 Å². The molecule has 0 amide bonds. The zero-order chi connectivity index (χ0) is 11.6. The highest BCUT2D eigenvalue weighted by atomic mass is 127. The minimum Gasteiger partial charge on any atom is -0.378 e. The summed E-state index contributed by atoms with van der Waals surface area (Å²) >= 11 is 0. The SMILES string of the molecule is CCCN=C(N)NCCCOC1CCCC1.I. The van der Waals surface area contributed by atoms with Gasteiger partial charge in [-0.25, -0.2) is 0 Å². The molecule has 3 N–H and O–H groups in total. The molecule has 0 aliphatic heterocycles. The first-order valence-corrected chi connectivity index (χ1v) is 6.48. The smallest absolute Gasteiger partial charge is 0.188 e. The molecule has 0 aromatic carbocycles. The van der Waals surface area contributed by atoms with Crippen molar-refractivity contribution in [2.45, 2.75) is 51.6 Å². The molecule has 1 fully saturated rings. The van der Waals surface area contributed by atoms with Gasteiger partial charge in [0.05, 0.1) is 6.10 Å². The highest BCUT2D eigenvalue weighted by Crippen LogP contribution is 2.20. The molecule has 5 heteroatoms. The van der Waals surface area contributed by atoms with Crippen LogP contribution in [0.25, 0.3) is 0 Å². The lowest BCUT2D eigenvalue weighted by molar-refractivity contribution is 0.0574. The van der Waals surface area contributed by atoms with E-state index in [4.69, 9.17) is 10.5 Å². The van der Waals surface area contributed by atoms with E-state index in [2.05, 4.69) is 17.2 Å². The lowest BCUT2D eigenvalue weighted by atomic mass is 10.3. The van der Waals surface area contributed by atoms with Crippen LogP contribution >= 0.6 is 24.0 Å². The van der Waals surface area contributed by atoms with E-state index >= 15 is 0 Å². The summed E-state index contributed by atoms with van der Waals surface area (Å²) in [6.45, 7) is 4.58. The number of ether oxygens (including phenoxy) is 1. The summed E-state index contributed by atoms with van der Waals surface area (Å²) in [5.41, 5.74) is 5.66. The monoisotopic (exact) mass is 355 g/mol. The highest BCUT2D eigenvalue weighted by molar-refractivity contribution is 14.0. The van der Waals surface area contributed by atoms with E-state index in [9.17, 15) is 0 Å². The normalized spacial score (nSPS) is 16.9. The molecule has 1 saturated carbocycles. The average molecular weight is 355 g/mol. The number of rotatable bonds is 7. The fourth-order valence-corrected chi connectivity index (χ4v) is 1.88. The number of hydrogen-bond acceptors (Lipinski definition) is 2. The van der Waals surface area contributed by atoms with E-state index in [1.807, 2.05) is 0 Å². The number of hydrogen-bond donors (Lipinski definition) is 2. The lowest BCUT2D eigenvalue weighted by Gasteiger charge is -2.11. The number of nitrogens with zero attached hydrogens (tertiary/aromatic N) is 1. The molecule has 0 aromatic heterocycles. The standard InChI is InChI=1S/C12H25N3O.HI/c1-2-8-14-12(13)15-9-5-10-16-11-6-3-4-7-11;/h11H,2-10H2,1H3,(H3,13,14,15);1H. The summed E-state index contributed by atoms with van der Waals surface area (Å²) in [5.74, 6) is 0.558. The van der Waals surface area contributed by atoms with Crippen molar-refractivity contribution in [2.75, 3.05) is 19.7 Å². The third-order valence-electron chi connectivity index (χ3n) is 2.79. The Balaban J connectivity index is 0.00000256. The van der Waals surface area contributed by atoms with Crippen molar-refractivity contribution in [2.24, 2.45) is 10.7 Å². The Morgan fingerprint density at radius 1 is 1.41 bits per heavy atom. The van der Waals surface area contributed by atoms with Crippen LogP contribution in [0.15, 0.2) is 4.99 Å². The first kappa shape index (κ1) is 17.0. The van der Waals surface area contributed by atoms with Gasteiger partial charge in [0.15, 0.2) is 5.96 Å². The Bertz CT molecular complexity index is 206. The number of guanidine groups is 1. The Morgan fingerprint density at radius 2 is 2.12 bits per heavy atom.